The maximum atomic E-state index is 9.29. The molecule has 0 aromatic heterocycles. The fourth-order valence-electron chi connectivity index (χ4n) is 4.61. The zero-order valence-corrected chi connectivity index (χ0v) is 21.6. The smallest absolute Gasteiger partial charge is 0.0770 e. The number of hydrogen-bond acceptors (Lipinski definition) is 2. The second kappa shape index (κ2) is 28.0. The van der Waals surface area contributed by atoms with E-state index in [9.17, 15) is 5.11 Å². The molecule has 0 amide bonds. The molecular weight excluding hydrogens is 380 g/mol. The molecule has 2 nitrogen and oxygen atoms in total. The summed E-state index contributed by atoms with van der Waals surface area (Å²) in [6.07, 6.45) is 35.6. The summed E-state index contributed by atoms with van der Waals surface area (Å²) in [6.45, 7) is 2.21. The number of unbranched alkanes of at least 4 members (excludes halogenated alkanes) is 24. The van der Waals surface area contributed by atoms with Crippen LogP contribution in [0.25, 0.3) is 0 Å². The third kappa shape index (κ3) is 27.9. The van der Waals surface area contributed by atoms with Crippen LogP contribution in [-0.4, -0.2) is 22.9 Å². The second-order valence-corrected chi connectivity index (χ2v) is 10.1. The van der Waals surface area contributed by atoms with E-state index in [2.05, 4.69) is 6.92 Å². The lowest BCUT2D eigenvalue weighted by Gasteiger charge is -2.06. The van der Waals surface area contributed by atoms with Crippen LogP contribution in [0.2, 0.25) is 0 Å². The summed E-state index contributed by atoms with van der Waals surface area (Å²) >= 11 is 0. The number of hydrogen-bond donors (Lipinski definition) is 2. The molecule has 0 saturated heterocycles. The average molecular weight is 441 g/mol. The van der Waals surface area contributed by atoms with Crippen LogP contribution < -0.4 is 0 Å². The fourth-order valence-corrected chi connectivity index (χ4v) is 4.61. The van der Waals surface area contributed by atoms with E-state index >= 15 is 0 Å². The summed E-state index contributed by atoms with van der Waals surface area (Å²) in [5.41, 5.74) is 0. The van der Waals surface area contributed by atoms with Crippen LogP contribution >= 0.6 is 0 Å². The van der Waals surface area contributed by atoms with E-state index in [0.717, 1.165) is 12.8 Å². The van der Waals surface area contributed by atoms with Crippen molar-refractivity contribution in [2.45, 2.75) is 180 Å². The summed E-state index contributed by atoms with van der Waals surface area (Å²) in [4.78, 5) is 0. The largest absolute Gasteiger partial charge is 0.394 e. The molecule has 0 aromatic carbocycles. The Morgan fingerprint density at radius 2 is 0.613 bits per heavy atom. The first-order chi connectivity index (χ1) is 15.3. The van der Waals surface area contributed by atoms with E-state index in [1.54, 1.807) is 0 Å². The van der Waals surface area contributed by atoms with Gasteiger partial charge in [-0.15, -0.1) is 0 Å². The van der Waals surface area contributed by atoms with Gasteiger partial charge in [0.25, 0.3) is 0 Å². The number of aliphatic hydroxyl groups excluding tert-OH is 2. The van der Waals surface area contributed by atoms with E-state index in [1.165, 1.54) is 154 Å². The predicted molar refractivity (Wildman–Crippen MR) is 139 cm³/mol. The minimum atomic E-state index is -0.496. The van der Waals surface area contributed by atoms with Crippen molar-refractivity contribution in [3.05, 3.63) is 0 Å². The van der Waals surface area contributed by atoms with Crippen LogP contribution in [0.5, 0.6) is 0 Å². The molecule has 31 heavy (non-hydrogen) atoms. The van der Waals surface area contributed by atoms with Crippen molar-refractivity contribution in [1.82, 2.24) is 0 Å². The quantitative estimate of drug-likeness (QED) is 0.125. The zero-order valence-electron chi connectivity index (χ0n) is 21.6. The summed E-state index contributed by atoms with van der Waals surface area (Å²) in [5, 5.41) is 18.1. The van der Waals surface area contributed by atoms with Gasteiger partial charge in [0.2, 0.25) is 0 Å². The molecule has 0 aromatic rings. The summed E-state index contributed by atoms with van der Waals surface area (Å²) in [6, 6.07) is 0. The van der Waals surface area contributed by atoms with Gasteiger partial charge >= 0.3 is 0 Å². The Morgan fingerprint density at radius 1 is 0.387 bits per heavy atom. The maximum absolute atomic E-state index is 9.29. The molecule has 1 unspecified atom stereocenters. The molecule has 188 valence electrons. The molecule has 2 heteroatoms. The lowest BCUT2D eigenvalue weighted by atomic mass is 10.0. The van der Waals surface area contributed by atoms with Gasteiger partial charge in [0.05, 0.1) is 12.7 Å². The molecule has 0 saturated carbocycles. The number of aliphatic hydroxyl groups is 2. The Labute approximate surface area is 197 Å². The van der Waals surface area contributed by atoms with Gasteiger partial charge in [-0.3, -0.25) is 0 Å². The van der Waals surface area contributed by atoms with Gasteiger partial charge in [0.1, 0.15) is 0 Å². The van der Waals surface area contributed by atoms with Crippen molar-refractivity contribution in [3.63, 3.8) is 0 Å². The third-order valence-electron chi connectivity index (χ3n) is 6.85. The third-order valence-corrected chi connectivity index (χ3v) is 6.85. The van der Waals surface area contributed by atoms with Crippen LogP contribution in [-0.2, 0) is 0 Å². The van der Waals surface area contributed by atoms with Crippen molar-refractivity contribution in [2.24, 2.45) is 0 Å². The first-order valence-electron chi connectivity index (χ1n) is 14.6. The maximum Gasteiger partial charge on any atom is 0.0770 e. The summed E-state index contributed by atoms with van der Waals surface area (Å²) in [5.74, 6) is 0. The van der Waals surface area contributed by atoms with E-state index in [-0.39, 0.29) is 6.61 Å². The Balaban J connectivity index is 3.01. The van der Waals surface area contributed by atoms with Gasteiger partial charge in [-0.2, -0.15) is 0 Å². The zero-order chi connectivity index (χ0) is 22.7. The van der Waals surface area contributed by atoms with Crippen LogP contribution in [0.3, 0.4) is 0 Å². The lowest BCUT2D eigenvalue weighted by Crippen LogP contribution is -2.10. The van der Waals surface area contributed by atoms with Crippen molar-refractivity contribution in [1.29, 1.82) is 0 Å². The molecule has 0 radical (unpaired) electrons. The van der Waals surface area contributed by atoms with Crippen molar-refractivity contribution in [3.8, 4) is 0 Å². The van der Waals surface area contributed by atoms with Gasteiger partial charge in [-0.25, -0.2) is 0 Å². The lowest BCUT2D eigenvalue weighted by molar-refractivity contribution is 0.0860. The van der Waals surface area contributed by atoms with Crippen LogP contribution in [0.1, 0.15) is 174 Å². The standard InChI is InChI=1S/C29H60O2/c1-2-3-4-5-6-7-8-9-10-11-12-13-14-15-16-17-18-19-20-21-22-23-24-25-26-27-29(31)28-30/h29-31H,2-28H2,1H3. The Hall–Kier alpha value is -0.0800. The predicted octanol–water partition coefficient (Wildman–Crippen LogP) is 9.50. The van der Waals surface area contributed by atoms with Gasteiger partial charge < -0.3 is 10.2 Å². The SMILES string of the molecule is CCCCCCCCCCCCCCCCCCCCCCCCCCCC(O)CO. The molecule has 0 fully saturated rings. The minimum absolute atomic E-state index is 0.0839. The van der Waals surface area contributed by atoms with Gasteiger partial charge in [-0.05, 0) is 6.42 Å². The molecule has 1 atom stereocenters. The van der Waals surface area contributed by atoms with Crippen molar-refractivity contribution in [2.75, 3.05) is 6.61 Å². The van der Waals surface area contributed by atoms with Crippen molar-refractivity contribution < 1.29 is 10.2 Å². The van der Waals surface area contributed by atoms with Crippen LogP contribution in [0.4, 0.5) is 0 Å². The van der Waals surface area contributed by atoms with Crippen LogP contribution in [0, 0.1) is 0 Å². The molecule has 0 heterocycles. The molecule has 2 N–H and O–H groups in total. The van der Waals surface area contributed by atoms with Crippen molar-refractivity contribution >= 4 is 0 Å². The van der Waals surface area contributed by atoms with Crippen LogP contribution in [0.15, 0.2) is 0 Å². The van der Waals surface area contributed by atoms with Gasteiger partial charge in [0, 0.05) is 0 Å². The van der Waals surface area contributed by atoms with Gasteiger partial charge in [0.15, 0.2) is 0 Å². The molecule has 0 aliphatic rings. The highest BCUT2D eigenvalue weighted by molar-refractivity contribution is 4.54. The highest BCUT2D eigenvalue weighted by atomic mass is 16.3. The average Bonchev–Trinajstić information content (AvgIpc) is 2.78. The minimum Gasteiger partial charge on any atom is -0.394 e. The Morgan fingerprint density at radius 3 is 0.839 bits per heavy atom. The molecular formula is C29H60O2. The molecule has 0 rings (SSSR count). The molecule has 0 spiro atoms. The fraction of sp³-hybridized carbons (Fsp3) is 1.00. The highest BCUT2D eigenvalue weighted by Gasteiger charge is 2.00. The van der Waals surface area contributed by atoms with E-state index in [0.29, 0.717) is 0 Å². The van der Waals surface area contributed by atoms with E-state index in [1.807, 2.05) is 0 Å². The van der Waals surface area contributed by atoms with E-state index in [4.69, 9.17) is 5.11 Å². The monoisotopic (exact) mass is 440 g/mol. The molecule has 0 aliphatic heterocycles. The normalized spacial score (nSPS) is 12.5. The first kappa shape index (κ1) is 30.9. The first-order valence-corrected chi connectivity index (χ1v) is 14.6. The Bertz CT molecular complexity index is 305. The topological polar surface area (TPSA) is 40.5 Å². The highest BCUT2D eigenvalue weighted by Crippen LogP contribution is 2.16. The second-order valence-electron chi connectivity index (χ2n) is 10.1. The summed E-state index contributed by atoms with van der Waals surface area (Å²) in [7, 11) is 0. The van der Waals surface area contributed by atoms with E-state index < -0.39 is 6.10 Å². The van der Waals surface area contributed by atoms with Gasteiger partial charge in [-0.1, -0.05) is 167 Å². The Kier molecular flexibility index (Phi) is 27.9. The summed E-state index contributed by atoms with van der Waals surface area (Å²) < 4.78 is 0. The molecule has 0 bridgehead atoms. The number of rotatable bonds is 27. The molecule has 0 aliphatic carbocycles.